The zero-order valence-electron chi connectivity index (χ0n) is 19.5. The fraction of sp³-hybridized carbons (Fsp3) is 0.652. The molecule has 0 aliphatic carbocycles. The zero-order valence-corrected chi connectivity index (χ0v) is 19.5. The summed E-state index contributed by atoms with van der Waals surface area (Å²) in [5.74, 6) is 0. The first kappa shape index (κ1) is 22.7. The third-order valence-corrected chi connectivity index (χ3v) is 6.97. The Hall–Kier alpha value is -2.52. The van der Waals surface area contributed by atoms with Crippen LogP contribution >= 0.6 is 0 Å². The number of rotatable bonds is 8. The molecule has 0 atom stereocenters. The summed E-state index contributed by atoms with van der Waals surface area (Å²) in [6.45, 7) is 11.9. The molecule has 0 saturated carbocycles. The maximum atomic E-state index is 11.5. The molecule has 3 heterocycles. The van der Waals surface area contributed by atoms with Crippen LogP contribution in [-0.2, 0) is 0 Å². The number of likely N-dealkylation sites (N-methyl/N-ethyl adjacent to an activating group) is 1. The van der Waals surface area contributed by atoms with Gasteiger partial charge >= 0.3 is 0 Å². The SMILES string of the molecule is CC1=C(N(C)CCCN2CCN(c3ccc([N+](=O)[O-])c(N4CCCC4)c3)CC2)CNCN1. The van der Waals surface area contributed by atoms with E-state index in [2.05, 4.69) is 44.2 Å². The molecule has 0 amide bonds. The van der Waals surface area contributed by atoms with Crippen LogP contribution in [0.4, 0.5) is 17.1 Å². The van der Waals surface area contributed by atoms with Crippen LogP contribution < -0.4 is 20.4 Å². The molecule has 9 heteroatoms. The third-order valence-electron chi connectivity index (χ3n) is 6.97. The Morgan fingerprint density at radius 2 is 1.84 bits per heavy atom. The average molecular weight is 444 g/mol. The molecule has 2 fully saturated rings. The second-order valence-electron chi connectivity index (χ2n) is 9.08. The molecule has 0 unspecified atom stereocenters. The van der Waals surface area contributed by atoms with Gasteiger partial charge in [-0.2, -0.15) is 0 Å². The molecule has 3 aliphatic heterocycles. The molecule has 0 spiro atoms. The highest BCUT2D eigenvalue weighted by Gasteiger charge is 2.25. The summed E-state index contributed by atoms with van der Waals surface area (Å²) in [4.78, 5) is 20.7. The summed E-state index contributed by atoms with van der Waals surface area (Å²) < 4.78 is 0. The molecular formula is C23H37N7O2. The maximum Gasteiger partial charge on any atom is 0.292 e. The molecule has 3 aliphatic rings. The van der Waals surface area contributed by atoms with Crippen molar-refractivity contribution in [2.75, 3.05) is 82.4 Å². The minimum absolute atomic E-state index is 0.229. The molecule has 0 bridgehead atoms. The van der Waals surface area contributed by atoms with Crippen molar-refractivity contribution in [2.24, 2.45) is 0 Å². The lowest BCUT2D eigenvalue weighted by molar-refractivity contribution is -0.384. The summed E-state index contributed by atoms with van der Waals surface area (Å²) in [6, 6.07) is 5.65. The number of nitro groups is 1. The van der Waals surface area contributed by atoms with E-state index in [4.69, 9.17) is 0 Å². The van der Waals surface area contributed by atoms with Crippen LogP contribution in [0.2, 0.25) is 0 Å². The number of piperazine rings is 1. The van der Waals surface area contributed by atoms with Crippen molar-refractivity contribution in [1.29, 1.82) is 0 Å². The lowest BCUT2D eigenvalue weighted by atomic mass is 10.2. The van der Waals surface area contributed by atoms with E-state index < -0.39 is 0 Å². The Morgan fingerprint density at radius 3 is 2.53 bits per heavy atom. The summed E-state index contributed by atoms with van der Waals surface area (Å²) in [6.07, 6.45) is 3.36. The van der Waals surface area contributed by atoms with E-state index in [1.165, 1.54) is 11.4 Å². The van der Waals surface area contributed by atoms with Crippen LogP contribution in [0.25, 0.3) is 0 Å². The lowest BCUT2D eigenvalue weighted by Crippen LogP contribution is -2.47. The number of nitro benzene ring substituents is 1. The molecular weight excluding hydrogens is 406 g/mol. The highest BCUT2D eigenvalue weighted by Crippen LogP contribution is 2.34. The van der Waals surface area contributed by atoms with Gasteiger partial charge in [-0.05, 0) is 44.9 Å². The predicted molar refractivity (Wildman–Crippen MR) is 129 cm³/mol. The van der Waals surface area contributed by atoms with Gasteiger partial charge in [0, 0.05) is 82.6 Å². The normalized spacial score (nSPS) is 19.9. The topological polar surface area (TPSA) is 80.2 Å². The van der Waals surface area contributed by atoms with Crippen molar-refractivity contribution in [3.05, 3.63) is 39.7 Å². The molecule has 176 valence electrons. The number of hydrogen-bond acceptors (Lipinski definition) is 8. The van der Waals surface area contributed by atoms with Crippen LogP contribution in [0.1, 0.15) is 26.2 Å². The van der Waals surface area contributed by atoms with E-state index in [0.29, 0.717) is 0 Å². The van der Waals surface area contributed by atoms with Gasteiger partial charge in [-0.3, -0.25) is 20.3 Å². The molecule has 1 aromatic carbocycles. The van der Waals surface area contributed by atoms with E-state index in [-0.39, 0.29) is 10.6 Å². The minimum atomic E-state index is -0.247. The van der Waals surface area contributed by atoms with E-state index in [1.807, 2.05) is 12.1 Å². The first-order valence-corrected chi connectivity index (χ1v) is 11.9. The molecule has 32 heavy (non-hydrogen) atoms. The number of benzene rings is 1. The second-order valence-corrected chi connectivity index (χ2v) is 9.08. The molecule has 2 N–H and O–H groups in total. The summed E-state index contributed by atoms with van der Waals surface area (Å²) in [7, 11) is 2.18. The Morgan fingerprint density at radius 1 is 1.09 bits per heavy atom. The Kier molecular flexibility index (Phi) is 7.36. The Bertz CT molecular complexity index is 830. The van der Waals surface area contributed by atoms with Gasteiger partial charge < -0.3 is 20.0 Å². The molecule has 0 aromatic heterocycles. The number of nitrogens with zero attached hydrogens (tertiary/aromatic N) is 5. The fourth-order valence-electron chi connectivity index (χ4n) is 5.00. The van der Waals surface area contributed by atoms with Crippen LogP contribution in [-0.4, -0.2) is 87.3 Å². The molecule has 2 saturated heterocycles. The smallest absolute Gasteiger partial charge is 0.292 e. The van der Waals surface area contributed by atoms with E-state index >= 15 is 0 Å². The van der Waals surface area contributed by atoms with Gasteiger partial charge in [0.1, 0.15) is 5.69 Å². The fourth-order valence-corrected chi connectivity index (χ4v) is 5.00. The Labute approximate surface area is 191 Å². The standard InChI is InChI=1S/C23H37N7O2/c1-19-23(17-24-18-25-19)26(2)8-5-9-27-12-14-28(15-13-27)20-6-7-21(30(31)32)22(16-20)29-10-3-4-11-29/h6-7,16,24-25H,3-5,8-15,17-18H2,1-2H3. The van der Waals surface area contributed by atoms with Gasteiger partial charge in [0.25, 0.3) is 5.69 Å². The van der Waals surface area contributed by atoms with Crippen LogP contribution in [0, 0.1) is 10.1 Å². The van der Waals surface area contributed by atoms with Crippen LogP contribution in [0.15, 0.2) is 29.6 Å². The van der Waals surface area contributed by atoms with E-state index in [9.17, 15) is 10.1 Å². The first-order chi connectivity index (χ1) is 15.5. The third kappa shape index (κ3) is 5.27. The van der Waals surface area contributed by atoms with Crippen LogP contribution in [0.3, 0.4) is 0 Å². The first-order valence-electron chi connectivity index (χ1n) is 11.9. The average Bonchev–Trinajstić information content (AvgIpc) is 3.34. The van der Waals surface area contributed by atoms with E-state index in [0.717, 1.165) is 96.2 Å². The number of allylic oxidation sites excluding steroid dienone is 1. The van der Waals surface area contributed by atoms with Crippen molar-refractivity contribution < 1.29 is 4.92 Å². The van der Waals surface area contributed by atoms with Gasteiger partial charge in [0.05, 0.1) is 11.6 Å². The zero-order chi connectivity index (χ0) is 22.5. The van der Waals surface area contributed by atoms with Gasteiger partial charge in [0.15, 0.2) is 0 Å². The van der Waals surface area contributed by atoms with Crippen molar-refractivity contribution in [3.63, 3.8) is 0 Å². The monoisotopic (exact) mass is 443 g/mol. The van der Waals surface area contributed by atoms with Crippen molar-refractivity contribution >= 4 is 17.1 Å². The summed E-state index contributed by atoms with van der Waals surface area (Å²) in [5.41, 5.74) is 4.75. The second kappa shape index (κ2) is 10.4. The van der Waals surface area contributed by atoms with E-state index in [1.54, 1.807) is 6.07 Å². The summed E-state index contributed by atoms with van der Waals surface area (Å²) in [5, 5.41) is 18.3. The van der Waals surface area contributed by atoms with Crippen LogP contribution in [0.5, 0.6) is 0 Å². The lowest BCUT2D eigenvalue weighted by Gasteiger charge is -2.37. The molecule has 1 aromatic rings. The quantitative estimate of drug-likeness (QED) is 0.467. The number of hydrogen-bond donors (Lipinski definition) is 2. The van der Waals surface area contributed by atoms with Gasteiger partial charge in [-0.15, -0.1) is 0 Å². The maximum absolute atomic E-state index is 11.5. The van der Waals surface area contributed by atoms with Crippen molar-refractivity contribution in [3.8, 4) is 0 Å². The summed E-state index contributed by atoms with van der Waals surface area (Å²) >= 11 is 0. The number of nitrogens with one attached hydrogen (secondary N) is 2. The molecule has 4 rings (SSSR count). The minimum Gasteiger partial charge on any atom is -0.375 e. The van der Waals surface area contributed by atoms with Gasteiger partial charge in [-0.25, -0.2) is 0 Å². The van der Waals surface area contributed by atoms with Gasteiger partial charge in [-0.1, -0.05) is 0 Å². The molecule has 9 nitrogen and oxygen atoms in total. The molecule has 0 radical (unpaired) electrons. The Balaban J connectivity index is 1.28. The number of anilines is 2. The van der Waals surface area contributed by atoms with Crippen molar-refractivity contribution in [2.45, 2.75) is 26.2 Å². The highest BCUT2D eigenvalue weighted by atomic mass is 16.6. The largest absolute Gasteiger partial charge is 0.375 e. The van der Waals surface area contributed by atoms with Gasteiger partial charge in [0.2, 0.25) is 0 Å². The highest BCUT2D eigenvalue weighted by molar-refractivity contribution is 5.70. The van der Waals surface area contributed by atoms with Crippen molar-refractivity contribution in [1.82, 2.24) is 20.4 Å². The predicted octanol–water partition coefficient (Wildman–Crippen LogP) is 2.02.